The molecule has 0 saturated carbocycles. The normalized spacial score (nSPS) is 11.7. The van der Waals surface area contributed by atoms with E-state index in [9.17, 15) is 4.79 Å². The van der Waals surface area contributed by atoms with E-state index in [4.69, 9.17) is 17.7 Å². The van der Waals surface area contributed by atoms with Gasteiger partial charge in [-0.05, 0) is 11.6 Å². The van der Waals surface area contributed by atoms with E-state index in [1.54, 1.807) is 6.08 Å². The van der Waals surface area contributed by atoms with E-state index in [0.717, 1.165) is 5.56 Å². The molecule has 98 valence electrons. The number of rotatable bonds is 6. The minimum atomic E-state index is -3.32. The molecule has 0 bridgehead atoms. The Labute approximate surface area is 107 Å². The topological polar surface area (TPSA) is 54.0 Å². The number of carbonyl (C=O) groups excluding carboxylic acids is 1. The van der Waals surface area contributed by atoms with Gasteiger partial charge in [0.2, 0.25) is 0 Å². The number of hydrogen-bond acceptors (Lipinski definition) is 5. The quantitative estimate of drug-likeness (QED) is 0.579. The van der Waals surface area contributed by atoms with Crippen LogP contribution in [0.25, 0.3) is 6.08 Å². The lowest BCUT2D eigenvalue weighted by atomic mass is 10.2. The monoisotopic (exact) mass is 268 g/mol. The second-order valence-electron chi connectivity index (χ2n) is 3.28. The molecular weight excluding hydrogens is 252 g/mol. The molecule has 1 aromatic carbocycles. The van der Waals surface area contributed by atoms with Crippen LogP contribution in [-0.2, 0) is 22.5 Å². The van der Waals surface area contributed by atoms with Crippen molar-refractivity contribution in [3.8, 4) is 0 Å². The molecule has 6 heteroatoms. The smallest absolute Gasteiger partial charge is 0.449 e. The van der Waals surface area contributed by atoms with E-state index >= 15 is 0 Å². The van der Waals surface area contributed by atoms with Crippen molar-refractivity contribution in [3.05, 3.63) is 42.0 Å². The maximum Gasteiger partial charge on any atom is 0.751 e. The van der Waals surface area contributed by atoms with Gasteiger partial charge in [0.1, 0.15) is 0 Å². The fraction of sp³-hybridized carbons (Fsp3) is 0.250. The Morgan fingerprint density at radius 2 is 1.61 bits per heavy atom. The average Bonchev–Trinajstić information content (AvgIpc) is 2.44. The van der Waals surface area contributed by atoms with Crippen LogP contribution in [0.1, 0.15) is 5.56 Å². The minimum Gasteiger partial charge on any atom is -0.449 e. The average molecular weight is 268 g/mol. The highest BCUT2D eigenvalue weighted by atomic mass is 28.4. The van der Waals surface area contributed by atoms with Gasteiger partial charge < -0.3 is 17.7 Å². The van der Waals surface area contributed by atoms with Crippen molar-refractivity contribution in [2.45, 2.75) is 0 Å². The zero-order valence-electron chi connectivity index (χ0n) is 10.6. The summed E-state index contributed by atoms with van der Waals surface area (Å²) >= 11 is 0. The molecule has 0 heterocycles. The van der Waals surface area contributed by atoms with Crippen LogP contribution >= 0.6 is 0 Å². The third-order valence-electron chi connectivity index (χ3n) is 2.19. The van der Waals surface area contributed by atoms with Gasteiger partial charge >= 0.3 is 15.0 Å². The zero-order chi connectivity index (χ0) is 13.4. The van der Waals surface area contributed by atoms with Gasteiger partial charge in [0, 0.05) is 27.4 Å². The van der Waals surface area contributed by atoms with E-state index in [2.05, 4.69) is 0 Å². The predicted octanol–water partition coefficient (Wildman–Crippen LogP) is 1.62. The largest absolute Gasteiger partial charge is 0.751 e. The summed E-state index contributed by atoms with van der Waals surface area (Å²) in [7, 11) is 0.786. The van der Waals surface area contributed by atoms with Gasteiger partial charge in [-0.15, -0.1) is 0 Å². The highest BCUT2D eigenvalue weighted by Crippen LogP contribution is 2.09. The Bertz CT molecular complexity index is 392. The maximum absolute atomic E-state index is 11.6. The van der Waals surface area contributed by atoms with Gasteiger partial charge in [-0.1, -0.05) is 30.3 Å². The first-order valence-corrected chi connectivity index (χ1v) is 6.90. The van der Waals surface area contributed by atoms with Crippen LogP contribution in [0.3, 0.4) is 0 Å². The van der Waals surface area contributed by atoms with E-state index < -0.39 is 15.0 Å². The second kappa shape index (κ2) is 7.07. The Kier molecular flexibility index (Phi) is 5.73. The molecule has 0 saturated heterocycles. The van der Waals surface area contributed by atoms with Crippen LogP contribution < -0.4 is 0 Å². The minimum absolute atomic E-state index is 0.573. The summed E-state index contributed by atoms with van der Waals surface area (Å²) in [4.78, 5) is 11.6. The molecule has 1 aromatic rings. The molecule has 1 rings (SSSR count). The maximum atomic E-state index is 11.6. The van der Waals surface area contributed by atoms with Crippen molar-refractivity contribution in [2.24, 2.45) is 0 Å². The van der Waals surface area contributed by atoms with Crippen LogP contribution in [0.5, 0.6) is 0 Å². The lowest BCUT2D eigenvalue weighted by molar-refractivity contribution is -0.137. The van der Waals surface area contributed by atoms with Crippen molar-refractivity contribution >= 4 is 21.1 Å². The summed E-state index contributed by atoms with van der Waals surface area (Å²) < 4.78 is 20.0. The van der Waals surface area contributed by atoms with Crippen LogP contribution in [0, 0.1) is 0 Å². The third kappa shape index (κ3) is 4.08. The van der Waals surface area contributed by atoms with Gasteiger partial charge in [0.05, 0.1) is 0 Å². The molecule has 0 unspecified atom stereocenters. The van der Waals surface area contributed by atoms with Crippen molar-refractivity contribution < 1.29 is 22.5 Å². The molecule has 0 amide bonds. The first-order valence-electron chi connectivity index (χ1n) is 5.27. The van der Waals surface area contributed by atoms with E-state index in [1.165, 1.54) is 27.4 Å². The molecule has 0 aliphatic carbocycles. The number of hydrogen-bond donors (Lipinski definition) is 0. The standard InChI is InChI=1S/C12H16O5Si/c1-14-18(15-2,16-3)17-12(13)10-9-11-7-5-4-6-8-11/h4-10H,1-3H3. The lowest BCUT2D eigenvalue weighted by Gasteiger charge is -2.21. The summed E-state index contributed by atoms with van der Waals surface area (Å²) in [6, 6.07) is 9.40. The number of benzene rings is 1. The Morgan fingerprint density at radius 1 is 1.06 bits per heavy atom. The second-order valence-corrected chi connectivity index (χ2v) is 5.71. The first-order chi connectivity index (χ1) is 8.65. The molecule has 0 aliphatic heterocycles. The fourth-order valence-electron chi connectivity index (χ4n) is 1.26. The molecular formula is C12H16O5Si. The highest BCUT2D eigenvalue weighted by Gasteiger charge is 2.46. The third-order valence-corrected chi connectivity index (χ3v) is 4.14. The molecule has 5 nitrogen and oxygen atoms in total. The van der Waals surface area contributed by atoms with Crippen molar-refractivity contribution in [1.29, 1.82) is 0 Å². The van der Waals surface area contributed by atoms with Gasteiger partial charge in [-0.25, -0.2) is 4.79 Å². The highest BCUT2D eigenvalue weighted by molar-refractivity contribution is 6.55. The Morgan fingerprint density at radius 3 is 2.11 bits per heavy atom. The van der Waals surface area contributed by atoms with E-state index in [1.807, 2.05) is 30.3 Å². The van der Waals surface area contributed by atoms with Gasteiger partial charge in [0.25, 0.3) is 0 Å². The predicted molar refractivity (Wildman–Crippen MR) is 68.3 cm³/mol. The Balaban J connectivity index is 2.64. The molecule has 0 fully saturated rings. The summed E-state index contributed by atoms with van der Waals surface area (Å²) in [5.74, 6) is -0.573. The molecule has 0 aliphatic rings. The zero-order valence-corrected chi connectivity index (χ0v) is 11.6. The lowest BCUT2D eigenvalue weighted by Crippen LogP contribution is -2.47. The van der Waals surface area contributed by atoms with Crippen LogP contribution in [-0.4, -0.2) is 36.3 Å². The van der Waals surface area contributed by atoms with Crippen LogP contribution in [0.2, 0.25) is 0 Å². The summed E-state index contributed by atoms with van der Waals surface area (Å²) in [5, 5.41) is 0. The van der Waals surface area contributed by atoms with E-state index in [-0.39, 0.29) is 0 Å². The van der Waals surface area contributed by atoms with Gasteiger partial charge in [-0.3, -0.25) is 0 Å². The Hall–Kier alpha value is -1.47. The summed E-state index contributed by atoms with van der Waals surface area (Å²) in [5.41, 5.74) is 0.897. The molecule has 0 aromatic heterocycles. The van der Waals surface area contributed by atoms with Gasteiger partial charge in [0.15, 0.2) is 0 Å². The van der Waals surface area contributed by atoms with Crippen molar-refractivity contribution in [3.63, 3.8) is 0 Å². The molecule has 18 heavy (non-hydrogen) atoms. The SMILES string of the molecule is CO[Si](OC)(OC)OC(=O)C=Cc1ccccc1. The van der Waals surface area contributed by atoms with Crippen molar-refractivity contribution in [2.75, 3.05) is 21.3 Å². The first kappa shape index (κ1) is 14.6. The molecule has 0 N–H and O–H groups in total. The summed E-state index contributed by atoms with van der Waals surface area (Å²) in [6.07, 6.45) is 2.94. The van der Waals surface area contributed by atoms with Crippen molar-refractivity contribution in [1.82, 2.24) is 0 Å². The number of carbonyl (C=O) groups is 1. The van der Waals surface area contributed by atoms with Crippen LogP contribution in [0.15, 0.2) is 36.4 Å². The van der Waals surface area contributed by atoms with E-state index in [0.29, 0.717) is 0 Å². The fourth-order valence-corrected chi connectivity index (χ4v) is 2.33. The molecule has 0 radical (unpaired) electrons. The van der Waals surface area contributed by atoms with Crippen LogP contribution in [0.4, 0.5) is 0 Å². The van der Waals surface area contributed by atoms with Gasteiger partial charge in [-0.2, -0.15) is 0 Å². The molecule has 0 atom stereocenters. The molecule has 0 spiro atoms. The summed E-state index contributed by atoms with van der Waals surface area (Å²) in [6.45, 7) is 0.